The van der Waals surface area contributed by atoms with Crippen LogP contribution in [0, 0.1) is 11.8 Å². The van der Waals surface area contributed by atoms with Gasteiger partial charge in [0.1, 0.15) is 0 Å². The minimum atomic E-state index is -0.360. The number of carbonyl (C=O) groups is 1. The molecular formula is C23H27N3O3. The Morgan fingerprint density at radius 1 is 1.14 bits per heavy atom. The van der Waals surface area contributed by atoms with Crippen LogP contribution in [-0.4, -0.2) is 34.3 Å². The number of nitrogens with zero attached hydrogens (tertiary/aromatic N) is 1. The van der Waals surface area contributed by atoms with Gasteiger partial charge in [-0.2, -0.15) is 0 Å². The average Bonchev–Trinajstić information content (AvgIpc) is 3.35. The fourth-order valence-electron chi connectivity index (χ4n) is 5.45. The molecule has 2 fully saturated rings. The second-order valence-electron chi connectivity index (χ2n) is 8.57. The number of aliphatic hydroxyl groups excluding tert-OH is 1. The number of aromatic nitrogens is 1. The number of fused-ring (bicyclic) bond motifs is 4. The zero-order valence-corrected chi connectivity index (χ0v) is 16.4. The van der Waals surface area contributed by atoms with Gasteiger partial charge in [0.25, 0.3) is 5.56 Å². The van der Waals surface area contributed by atoms with Gasteiger partial charge in [-0.1, -0.05) is 43.2 Å². The van der Waals surface area contributed by atoms with Gasteiger partial charge >= 0.3 is 0 Å². The van der Waals surface area contributed by atoms with Crippen molar-refractivity contribution in [1.29, 1.82) is 0 Å². The fraction of sp³-hybridized carbons (Fsp3) is 0.478. The monoisotopic (exact) mass is 393 g/mol. The van der Waals surface area contributed by atoms with Crippen LogP contribution in [0.2, 0.25) is 0 Å². The van der Waals surface area contributed by atoms with Gasteiger partial charge in [-0.3, -0.25) is 9.59 Å². The molecule has 3 heterocycles. The molecule has 2 bridgehead atoms. The molecule has 0 unspecified atom stereocenters. The molecule has 2 aromatic rings. The smallest absolute Gasteiger partial charge is 0.258 e. The van der Waals surface area contributed by atoms with Gasteiger partial charge < -0.3 is 20.3 Å². The molecule has 1 aromatic carbocycles. The SMILES string of the molecule is O=C(NC1CCCC1)[C@@H]1[C@@H](CO)[C@@H]2Cn3c(ccc(-c4ccccc4)c3=O)[C@H]1N2. The van der Waals surface area contributed by atoms with Crippen LogP contribution >= 0.6 is 0 Å². The van der Waals surface area contributed by atoms with Gasteiger partial charge in [0.15, 0.2) is 0 Å². The van der Waals surface area contributed by atoms with Crippen LogP contribution in [-0.2, 0) is 11.3 Å². The first kappa shape index (κ1) is 18.6. The van der Waals surface area contributed by atoms with Gasteiger partial charge in [-0.25, -0.2) is 0 Å². The first-order valence-corrected chi connectivity index (χ1v) is 10.6. The van der Waals surface area contributed by atoms with Crippen LogP contribution in [0.25, 0.3) is 11.1 Å². The van der Waals surface area contributed by atoms with Crippen molar-refractivity contribution in [2.75, 3.05) is 6.61 Å². The van der Waals surface area contributed by atoms with E-state index >= 15 is 0 Å². The Kier molecular flexibility index (Phi) is 4.76. The maximum atomic E-state index is 13.3. The summed E-state index contributed by atoms with van der Waals surface area (Å²) >= 11 is 0. The highest BCUT2D eigenvalue weighted by atomic mass is 16.3. The summed E-state index contributed by atoms with van der Waals surface area (Å²) in [6.07, 6.45) is 4.37. The predicted octanol–water partition coefficient (Wildman–Crippen LogP) is 1.83. The van der Waals surface area contributed by atoms with Gasteiger partial charge in [-0.15, -0.1) is 0 Å². The molecule has 1 aromatic heterocycles. The topological polar surface area (TPSA) is 83.4 Å². The number of hydrogen-bond acceptors (Lipinski definition) is 4. The van der Waals surface area contributed by atoms with E-state index in [0.29, 0.717) is 12.1 Å². The molecule has 3 N–H and O–H groups in total. The predicted molar refractivity (Wildman–Crippen MR) is 110 cm³/mol. The molecule has 152 valence electrons. The summed E-state index contributed by atoms with van der Waals surface area (Å²) in [6.45, 7) is 0.412. The molecule has 1 amide bonds. The zero-order chi connectivity index (χ0) is 20.0. The summed E-state index contributed by atoms with van der Waals surface area (Å²) in [6, 6.07) is 13.4. The number of pyridine rings is 1. The van der Waals surface area contributed by atoms with Crippen molar-refractivity contribution in [3.63, 3.8) is 0 Å². The fourth-order valence-corrected chi connectivity index (χ4v) is 5.45. The molecule has 0 radical (unpaired) electrons. The number of aliphatic hydroxyl groups is 1. The molecule has 1 saturated heterocycles. The van der Waals surface area contributed by atoms with Gasteiger partial charge in [-0.05, 0) is 30.5 Å². The Morgan fingerprint density at radius 3 is 2.62 bits per heavy atom. The van der Waals surface area contributed by atoms with Crippen LogP contribution in [0.1, 0.15) is 37.4 Å². The van der Waals surface area contributed by atoms with Crippen LogP contribution in [0.5, 0.6) is 0 Å². The summed E-state index contributed by atoms with van der Waals surface area (Å²) in [5.74, 6) is -0.550. The number of hydrogen-bond donors (Lipinski definition) is 3. The lowest BCUT2D eigenvalue weighted by Crippen LogP contribution is -2.43. The highest BCUT2D eigenvalue weighted by molar-refractivity contribution is 5.81. The summed E-state index contributed by atoms with van der Waals surface area (Å²) < 4.78 is 1.81. The van der Waals surface area contributed by atoms with E-state index in [4.69, 9.17) is 0 Å². The van der Waals surface area contributed by atoms with E-state index in [1.807, 2.05) is 42.5 Å². The summed E-state index contributed by atoms with van der Waals surface area (Å²) in [5.41, 5.74) is 2.38. The van der Waals surface area contributed by atoms with Crippen LogP contribution in [0.15, 0.2) is 47.3 Å². The van der Waals surface area contributed by atoms with Crippen molar-refractivity contribution in [3.05, 3.63) is 58.5 Å². The third-order valence-corrected chi connectivity index (χ3v) is 6.94. The van der Waals surface area contributed by atoms with Crippen molar-refractivity contribution in [3.8, 4) is 11.1 Å². The van der Waals surface area contributed by atoms with Crippen LogP contribution in [0.4, 0.5) is 0 Å². The Labute approximate surface area is 169 Å². The summed E-state index contributed by atoms with van der Waals surface area (Å²) in [5, 5.41) is 16.8. The summed E-state index contributed by atoms with van der Waals surface area (Å²) in [7, 11) is 0. The number of rotatable bonds is 4. The lowest BCUT2D eigenvalue weighted by Gasteiger charge is -2.28. The number of benzene rings is 1. The Bertz CT molecular complexity index is 965. The minimum Gasteiger partial charge on any atom is -0.396 e. The molecule has 4 atom stereocenters. The van der Waals surface area contributed by atoms with Crippen LogP contribution in [0.3, 0.4) is 0 Å². The lowest BCUT2D eigenvalue weighted by molar-refractivity contribution is -0.127. The largest absolute Gasteiger partial charge is 0.396 e. The highest BCUT2D eigenvalue weighted by Crippen LogP contribution is 2.41. The zero-order valence-electron chi connectivity index (χ0n) is 16.4. The van der Waals surface area contributed by atoms with Crippen LogP contribution < -0.4 is 16.2 Å². The standard InChI is InChI=1S/C23H27N3O3/c27-13-17-18-12-26-19(11-10-16(23(26)29)14-6-2-1-3-7-14)21(25-18)20(17)22(28)24-15-8-4-5-9-15/h1-3,6-7,10-11,15,17-18,20-21,25,27H,4-5,8-9,12-13H2,(H,24,28)/t17-,18-,20+,21+/m0/s1. The Morgan fingerprint density at radius 2 is 1.90 bits per heavy atom. The second-order valence-corrected chi connectivity index (χ2v) is 8.57. The second kappa shape index (κ2) is 7.43. The molecule has 0 spiro atoms. The number of amides is 1. The first-order chi connectivity index (χ1) is 14.2. The quantitative estimate of drug-likeness (QED) is 0.740. The number of nitrogens with one attached hydrogen (secondary N) is 2. The molecule has 5 rings (SSSR count). The minimum absolute atomic E-state index is 0.00369. The normalized spacial score (nSPS) is 28.3. The molecule has 2 aliphatic heterocycles. The average molecular weight is 393 g/mol. The molecule has 1 aliphatic carbocycles. The molecular weight excluding hydrogens is 366 g/mol. The van der Waals surface area contributed by atoms with E-state index in [-0.39, 0.29) is 48.0 Å². The van der Waals surface area contributed by atoms with Gasteiger partial charge in [0.2, 0.25) is 5.91 Å². The van der Waals surface area contributed by atoms with E-state index in [0.717, 1.165) is 36.9 Å². The molecule has 29 heavy (non-hydrogen) atoms. The van der Waals surface area contributed by atoms with E-state index in [2.05, 4.69) is 10.6 Å². The van der Waals surface area contributed by atoms with Crippen molar-refractivity contribution in [2.24, 2.45) is 11.8 Å². The molecule has 3 aliphatic rings. The first-order valence-electron chi connectivity index (χ1n) is 10.6. The van der Waals surface area contributed by atoms with Gasteiger partial charge in [0.05, 0.1) is 12.0 Å². The van der Waals surface area contributed by atoms with Gasteiger partial charge in [0, 0.05) is 42.4 Å². The van der Waals surface area contributed by atoms with Crippen molar-refractivity contribution in [1.82, 2.24) is 15.2 Å². The molecule has 6 heteroatoms. The number of carbonyl (C=O) groups excluding carboxylic acids is 1. The van der Waals surface area contributed by atoms with Crippen molar-refractivity contribution in [2.45, 2.75) is 50.4 Å². The Hall–Kier alpha value is -2.44. The Balaban J connectivity index is 1.50. The van der Waals surface area contributed by atoms with Crippen molar-refractivity contribution < 1.29 is 9.90 Å². The van der Waals surface area contributed by atoms with E-state index in [1.54, 1.807) is 4.57 Å². The maximum Gasteiger partial charge on any atom is 0.258 e. The lowest BCUT2D eigenvalue weighted by atomic mass is 9.86. The third-order valence-electron chi connectivity index (χ3n) is 6.94. The molecule has 1 saturated carbocycles. The van der Waals surface area contributed by atoms with E-state index in [1.165, 1.54) is 0 Å². The van der Waals surface area contributed by atoms with E-state index < -0.39 is 0 Å². The molecule has 6 nitrogen and oxygen atoms in total. The van der Waals surface area contributed by atoms with Crippen molar-refractivity contribution >= 4 is 5.91 Å². The van der Waals surface area contributed by atoms with E-state index in [9.17, 15) is 14.7 Å². The third kappa shape index (κ3) is 3.11. The highest BCUT2D eigenvalue weighted by Gasteiger charge is 2.51. The maximum absolute atomic E-state index is 13.3. The summed E-state index contributed by atoms with van der Waals surface area (Å²) in [4.78, 5) is 26.4.